The van der Waals surface area contributed by atoms with E-state index in [0.29, 0.717) is 5.76 Å². The lowest BCUT2D eigenvalue weighted by atomic mass is 10.2. The van der Waals surface area contributed by atoms with Crippen LogP contribution >= 0.6 is 0 Å². The number of rotatable bonds is 5. The molecule has 0 bridgehead atoms. The molecule has 0 atom stereocenters. The highest BCUT2D eigenvalue weighted by molar-refractivity contribution is 7.89. The molecule has 0 aliphatic carbocycles. The summed E-state index contributed by atoms with van der Waals surface area (Å²) in [5, 5.41) is 5.99. The lowest BCUT2D eigenvalue weighted by molar-refractivity contribution is -0.117. The van der Waals surface area contributed by atoms with Crippen molar-refractivity contribution in [1.82, 2.24) is 14.8 Å². The quantitative estimate of drug-likeness (QED) is 0.808. The topological polar surface area (TPSA) is 106 Å². The van der Waals surface area contributed by atoms with Crippen molar-refractivity contribution in [1.29, 1.82) is 0 Å². The number of sulfonamides is 1. The molecule has 9 heteroatoms. The minimum Gasteiger partial charge on any atom is -0.440 e. The number of hydrogen-bond donors (Lipinski definition) is 1. The summed E-state index contributed by atoms with van der Waals surface area (Å²) in [5.74, 6) is 0.307. The highest BCUT2D eigenvalue weighted by atomic mass is 32.2. The second-order valence-electron chi connectivity index (χ2n) is 4.73. The highest BCUT2D eigenvalue weighted by Gasteiger charge is 2.39. The summed E-state index contributed by atoms with van der Waals surface area (Å²) in [6.07, 6.45) is 2.59. The van der Waals surface area contributed by atoms with Crippen LogP contribution < -0.4 is 5.32 Å². The van der Waals surface area contributed by atoms with E-state index in [1.165, 1.54) is 22.6 Å². The number of carbonyl (C=O) groups excluding carboxylic acids is 1. The number of carbonyl (C=O) groups is 1. The summed E-state index contributed by atoms with van der Waals surface area (Å²) in [6.45, 7) is 3.73. The van der Waals surface area contributed by atoms with Gasteiger partial charge in [-0.05, 0) is 18.2 Å². The zero-order valence-corrected chi connectivity index (χ0v) is 12.2. The van der Waals surface area contributed by atoms with Crippen LogP contribution in [-0.4, -0.2) is 42.9 Å². The average molecular weight is 323 g/mol. The van der Waals surface area contributed by atoms with Gasteiger partial charge in [0.05, 0.1) is 12.2 Å². The van der Waals surface area contributed by atoms with Crippen LogP contribution in [0.1, 0.15) is 0 Å². The smallest absolute Gasteiger partial charge is 0.276 e. The molecule has 1 amide bonds. The molecule has 2 aromatic rings. The van der Waals surface area contributed by atoms with Gasteiger partial charge in [-0.3, -0.25) is 4.79 Å². The fourth-order valence-corrected chi connectivity index (χ4v) is 3.49. The van der Waals surface area contributed by atoms with E-state index in [1.54, 1.807) is 6.07 Å². The molecule has 1 aliphatic rings. The van der Waals surface area contributed by atoms with E-state index in [1.807, 2.05) is 0 Å². The van der Waals surface area contributed by atoms with E-state index < -0.39 is 10.0 Å². The third-order valence-electron chi connectivity index (χ3n) is 3.24. The maximum Gasteiger partial charge on any atom is 0.276 e. The van der Waals surface area contributed by atoms with Crippen molar-refractivity contribution in [3.05, 3.63) is 37.1 Å². The molecule has 22 heavy (non-hydrogen) atoms. The summed E-state index contributed by atoms with van der Waals surface area (Å²) in [6, 6.07) is 4.22. The van der Waals surface area contributed by atoms with Gasteiger partial charge in [0.1, 0.15) is 0 Å². The molecule has 1 aliphatic heterocycles. The molecule has 3 heterocycles. The second-order valence-corrected chi connectivity index (χ2v) is 6.60. The standard InChI is InChI=1S/C13H13N3O5S/c1-2-12(17)15-9-7-16(8-9)22(18,19)13-4-3-10(20-13)11-5-6-14-21-11/h2-6,9H,1,7-8H2,(H,15,17). The van der Waals surface area contributed by atoms with Gasteiger partial charge in [0, 0.05) is 19.2 Å². The first-order chi connectivity index (χ1) is 10.5. The Hall–Kier alpha value is -2.39. The van der Waals surface area contributed by atoms with Crippen LogP contribution in [-0.2, 0) is 14.8 Å². The highest BCUT2D eigenvalue weighted by Crippen LogP contribution is 2.28. The Morgan fingerprint density at radius 2 is 2.14 bits per heavy atom. The zero-order chi connectivity index (χ0) is 15.7. The summed E-state index contributed by atoms with van der Waals surface area (Å²) in [5.41, 5.74) is 0. The van der Waals surface area contributed by atoms with Gasteiger partial charge in [0.25, 0.3) is 10.0 Å². The van der Waals surface area contributed by atoms with E-state index in [4.69, 9.17) is 8.94 Å². The number of hydrogen-bond acceptors (Lipinski definition) is 6. The predicted molar refractivity (Wildman–Crippen MR) is 75.1 cm³/mol. The molecule has 0 saturated carbocycles. The van der Waals surface area contributed by atoms with Crippen molar-refractivity contribution in [3.8, 4) is 11.5 Å². The van der Waals surface area contributed by atoms with Crippen molar-refractivity contribution in [2.45, 2.75) is 11.1 Å². The molecule has 0 unspecified atom stereocenters. The van der Waals surface area contributed by atoms with Gasteiger partial charge in [0.2, 0.25) is 16.8 Å². The Morgan fingerprint density at radius 1 is 1.36 bits per heavy atom. The predicted octanol–water partition coefficient (Wildman–Crippen LogP) is 0.610. The van der Waals surface area contributed by atoms with Gasteiger partial charge in [-0.2, -0.15) is 4.31 Å². The van der Waals surface area contributed by atoms with E-state index in [2.05, 4.69) is 17.1 Å². The summed E-state index contributed by atoms with van der Waals surface area (Å²) in [7, 11) is -3.72. The summed E-state index contributed by atoms with van der Waals surface area (Å²) >= 11 is 0. The first kappa shape index (κ1) is 14.5. The summed E-state index contributed by atoms with van der Waals surface area (Å²) in [4.78, 5) is 11.1. The molecule has 1 fully saturated rings. The van der Waals surface area contributed by atoms with Crippen molar-refractivity contribution < 1.29 is 22.2 Å². The Morgan fingerprint density at radius 3 is 2.77 bits per heavy atom. The Labute approximate surface area is 126 Å². The number of nitrogens with zero attached hydrogens (tertiary/aromatic N) is 2. The number of amides is 1. The molecule has 0 spiro atoms. The monoisotopic (exact) mass is 323 g/mol. The SMILES string of the molecule is C=CC(=O)NC1CN(S(=O)(=O)c2ccc(-c3ccno3)o2)C1. The molecule has 1 saturated heterocycles. The Kier molecular flexibility index (Phi) is 3.59. The van der Waals surface area contributed by atoms with Crippen molar-refractivity contribution in [2.24, 2.45) is 0 Å². The van der Waals surface area contributed by atoms with E-state index in [-0.39, 0.29) is 35.9 Å². The van der Waals surface area contributed by atoms with Gasteiger partial charge in [0.15, 0.2) is 5.76 Å². The van der Waals surface area contributed by atoms with Gasteiger partial charge >= 0.3 is 0 Å². The van der Waals surface area contributed by atoms with Crippen LogP contribution in [0.15, 0.2) is 51.1 Å². The Balaban J connectivity index is 1.70. The zero-order valence-electron chi connectivity index (χ0n) is 11.4. The molecule has 8 nitrogen and oxygen atoms in total. The van der Waals surface area contributed by atoms with Crippen LogP contribution in [0.2, 0.25) is 0 Å². The summed E-state index contributed by atoms with van der Waals surface area (Å²) < 4.78 is 36.2. The number of aromatic nitrogens is 1. The van der Waals surface area contributed by atoms with Crippen molar-refractivity contribution in [3.63, 3.8) is 0 Å². The largest absolute Gasteiger partial charge is 0.440 e. The van der Waals surface area contributed by atoms with Crippen molar-refractivity contribution in [2.75, 3.05) is 13.1 Å². The molecule has 1 N–H and O–H groups in total. The van der Waals surface area contributed by atoms with Crippen LogP contribution in [0.4, 0.5) is 0 Å². The lowest BCUT2D eigenvalue weighted by Gasteiger charge is -2.37. The maximum absolute atomic E-state index is 12.4. The van der Waals surface area contributed by atoms with Crippen molar-refractivity contribution >= 4 is 15.9 Å². The molecule has 116 valence electrons. The normalized spacial score (nSPS) is 16.2. The number of furan rings is 1. The second kappa shape index (κ2) is 5.43. The molecule has 2 aromatic heterocycles. The lowest BCUT2D eigenvalue weighted by Crippen LogP contribution is -2.60. The van der Waals surface area contributed by atoms with Gasteiger partial charge < -0.3 is 14.3 Å². The molecule has 0 aromatic carbocycles. The average Bonchev–Trinajstić information content (AvgIpc) is 3.10. The van der Waals surface area contributed by atoms with Gasteiger partial charge in [-0.1, -0.05) is 11.7 Å². The minimum atomic E-state index is -3.72. The van der Waals surface area contributed by atoms with Crippen LogP contribution in [0.25, 0.3) is 11.5 Å². The fourth-order valence-electron chi connectivity index (χ4n) is 2.05. The molecule has 0 radical (unpaired) electrons. The first-order valence-corrected chi connectivity index (χ1v) is 7.88. The third kappa shape index (κ3) is 2.55. The molecule has 3 rings (SSSR count). The molecular formula is C13H13N3O5S. The van der Waals surface area contributed by atoms with Gasteiger partial charge in [-0.25, -0.2) is 8.42 Å². The van der Waals surface area contributed by atoms with E-state index >= 15 is 0 Å². The molecular weight excluding hydrogens is 310 g/mol. The first-order valence-electron chi connectivity index (χ1n) is 6.44. The van der Waals surface area contributed by atoms with Crippen LogP contribution in [0, 0.1) is 0 Å². The minimum absolute atomic E-state index is 0.174. The van der Waals surface area contributed by atoms with E-state index in [0.717, 1.165) is 6.08 Å². The Bertz CT molecular complexity index is 788. The fraction of sp³-hybridized carbons (Fsp3) is 0.231. The van der Waals surface area contributed by atoms with Crippen LogP contribution in [0.5, 0.6) is 0 Å². The third-order valence-corrected chi connectivity index (χ3v) is 4.94. The maximum atomic E-state index is 12.4. The van der Waals surface area contributed by atoms with E-state index in [9.17, 15) is 13.2 Å². The number of nitrogens with one attached hydrogen (secondary N) is 1. The van der Waals surface area contributed by atoms with Gasteiger partial charge in [-0.15, -0.1) is 0 Å². The van der Waals surface area contributed by atoms with Crippen LogP contribution in [0.3, 0.4) is 0 Å².